The molecule has 0 aliphatic rings. The molecule has 0 saturated carbocycles. The average Bonchev–Trinajstić information content (AvgIpc) is 2.58. The van der Waals surface area contributed by atoms with Crippen LogP contribution in [0.3, 0.4) is 0 Å². The summed E-state index contributed by atoms with van der Waals surface area (Å²) in [5.41, 5.74) is 0.809. The van der Waals surface area contributed by atoms with Crippen molar-refractivity contribution in [3.8, 4) is 5.75 Å². The summed E-state index contributed by atoms with van der Waals surface area (Å²) in [6, 6.07) is 12.5. The highest BCUT2D eigenvalue weighted by Crippen LogP contribution is 2.15. The molecule has 0 aliphatic heterocycles. The number of para-hydroxylation sites is 1. The van der Waals surface area contributed by atoms with E-state index in [2.05, 4.69) is 5.32 Å². The Morgan fingerprint density at radius 1 is 1.12 bits per heavy atom. The van der Waals surface area contributed by atoms with Gasteiger partial charge >= 0.3 is 0 Å². The Balaban J connectivity index is 1.69. The lowest BCUT2D eigenvalue weighted by molar-refractivity contribution is -0.121. The summed E-state index contributed by atoms with van der Waals surface area (Å²) in [5, 5.41) is 2.75. The minimum Gasteiger partial charge on any atom is -0.491 e. The van der Waals surface area contributed by atoms with E-state index < -0.39 is 15.7 Å². The van der Waals surface area contributed by atoms with Crippen LogP contribution >= 0.6 is 0 Å². The lowest BCUT2D eigenvalue weighted by atomic mass is 10.2. The number of ether oxygens (including phenoxy) is 1. The summed E-state index contributed by atoms with van der Waals surface area (Å²) < 4.78 is 41.4. The Kier molecular flexibility index (Phi) is 6.52. The van der Waals surface area contributed by atoms with E-state index in [1.165, 1.54) is 24.3 Å². The topological polar surface area (TPSA) is 72.5 Å². The molecule has 0 heterocycles. The largest absolute Gasteiger partial charge is 0.491 e. The Bertz CT molecular complexity index is 819. The quantitative estimate of drug-likeness (QED) is 0.730. The van der Waals surface area contributed by atoms with Gasteiger partial charge in [-0.05, 0) is 36.2 Å². The predicted octanol–water partition coefficient (Wildman–Crippen LogP) is 2.70. The van der Waals surface area contributed by atoms with Crippen LogP contribution in [0.25, 0.3) is 0 Å². The van der Waals surface area contributed by atoms with Gasteiger partial charge in [0.05, 0.1) is 11.5 Å². The van der Waals surface area contributed by atoms with Gasteiger partial charge in [0.1, 0.15) is 0 Å². The van der Waals surface area contributed by atoms with E-state index in [1.54, 1.807) is 24.3 Å². The smallest absolute Gasteiger partial charge is 0.220 e. The van der Waals surface area contributed by atoms with Crippen molar-refractivity contribution < 1.29 is 22.3 Å². The van der Waals surface area contributed by atoms with Crippen LogP contribution in [0.5, 0.6) is 5.75 Å². The zero-order valence-corrected chi connectivity index (χ0v) is 14.7. The molecule has 7 heteroatoms. The molecule has 0 aliphatic carbocycles. The van der Waals surface area contributed by atoms with Crippen LogP contribution in [0, 0.1) is 5.82 Å². The Hall–Kier alpha value is -2.41. The van der Waals surface area contributed by atoms with Crippen molar-refractivity contribution in [1.29, 1.82) is 0 Å². The van der Waals surface area contributed by atoms with Crippen molar-refractivity contribution >= 4 is 15.7 Å². The number of carbonyl (C=O) groups is 1. The van der Waals surface area contributed by atoms with Gasteiger partial charge in [0.25, 0.3) is 0 Å². The summed E-state index contributed by atoms with van der Waals surface area (Å²) in [5.74, 6) is -0.400. The van der Waals surface area contributed by atoms with Gasteiger partial charge in [-0.1, -0.05) is 24.3 Å². The van der Waals surface area contributed by atoms with Gasteiger partial charge in [0.15, 0.2) is 21.4 Å². The van der Waals surface area contributed by atoms with E-state index in [-0.39, 0.29) is 29.6 Å². The zero-order chi connectivity index (χ0) is 18.3. The molecule has 0 unspecified atom stereocenters. The van der Waals surface area contributed by atoms with Crippen LogP contribution < -0.4 is 10.1 Å². The van der Waals surface area contributed by atoms with E-state index in [1.807, 2.05) is 0 Å². The molecule has 1 N–H and O–H groups in total. The van der Waals surface area contributed by atoms with Crippen molar-refractivity contribution in [3.05, 3.63) is 59.9 Å². The van der Waals surface area contributed by atoms with E-state index in [0.29, 0.717) is 13.0 Å². The number of halogens is 1. The minimum atomic E-state index is -3.22. The van der Waals surface area contributed by atoms with Crippen LogP contribution in [0.4, 0.5) is 4.39 Å². The minimum absolute atomic E-state index is 0.149. The third-order valence-corrected chi connectivity index (χ3v) is 4.61. The number of amides is 1. The summed E-state index contributed by atoms with van der Waals surface area (Å²) >= 11 is 0. The monoisotopic (exact) mass is 365 g/mol. The zero-order valence-electron chi connectivity index (χ0n) is 13.9. The van der Waals surface area contributed by atoms with E-state index >= 15 is 0 Å². The average molecular weight is 365 g/mol. The van der Waals surface area contributed by atoms with Gasteiger partial charge in [0.2, 0.25) is 5.91 Å². The first-order chi connectivity index (χ1) is 11.9. The van der Waals surface area contributed by atoms with Gasteiger partial charge in [-0.15, -0.1) is 0 Å². The molecule has 2 aromatic carbocycles. The molecule has 2 rings (SSSR count). The molecule has 0 radical (unpaired) electrons. The van der Waals surface area contributed by atoms with Crippen molar-refractivity contribution in [2.75, 3.05) is 12.9 Å². The number of nitrogens with one attached hydrogen (secondary N) is 1. The molecule has 0 atom stereocenters. The van der Waals surface area contributed by atoms with Gasteiger partial charge in [-0.3, -0.25) is 4.79 Å². The summed E-state index contributed by atoms with van der Waals surface area (Å²) in [6.45, 7) is 0.564. The van der Waals surface area contributed by atoms with Gasteiger partial charge in [-0.2, -0.15) is 0 Å². The molecular weight excluding hydrogens is 345 g/mol. The molecule has 134 valence electrons. The second-order valence-corrected chi connectivity index (χ2v) is 7.59. The third-order valence-electron chi connectivity index (χ3n) is 3.48. The van der Waals surface area contributed by atoms with E-state index in [4.69, 9.17) is 4.74 Å². The standard InChI is InChI=1S/C18H20FNO4S/c1-25(22,23)15-10-8-14(9-11-15)13-20-18(21)7-4-12-24-17-6-3-2-5-16(17)19/h2-3,5-6,8-11H,4,7,12-13H2,1H3,(H,20,21). The van der Waals surface area contributed by atoms with Crippen molar-refractivity contribution in [1.82, 2.24) is 5.32 Å². The fraction of sp³-hybridized carbons (Fsp3) is 0.278. The normalized spacial score (nSPS) is 11.1. The molecule has 0 fully saturated rings. The second-order valence-electron chi connectivity index (χ2n) is 5.58. The predicted molar refractivity (Wildman–Crippen MR) is 92.5 cm³/mol. The maximum atomic E-state index is 13.3. The van der Waals surface area contributed by atoms with Gasteiger partial charge in [0, 0.05) is 19.2 Å². The Labute approximate surface area is 146 Å². The first-order valence-corrected chi connectivity index (χ1v) is 9.68. The van der Waals surface area contributed by atoms with E-state index in [0.717, 1.165) is 11.8 Å². The van der Waals surface area contributed by atoms with Crippen LogP contribution in [-0.2, 0) is 21.2 Å². The third kappa shape index (κ3) is 6.19. The van der Waals surface area contributed by atoms with Gasteiger partial charge < -0.3 is 10.1 Å². The first-order valence-electron chi connectivity index (χ1n) is 7.79. The lowest BCUT2D eigenvalue weighted by Crippen LogP contribution is -2.23. The van der Waals surface area contributed by atoms with Crippen LogP contribution in [0.1, 0.15) is 18.4 Å². The molecule has 5 nitrogen and oxygen atoms in total. The molecule has 0 bridgehead atoms. The number of benzene rings is 2. The number of rotatable bonds is 8. The number of hydrogen-bond acceptors (Lipinski definition) is 4. The van der Waals surface area contributed by atoms with Crippen LogP contribution in [0.15, 0.2) is 53.4 Å². The fourth-order valence-electron chi connectivity index (χ4n) is 2.12. The lowest BCUT2D eigenvalue weighted by Gasteiger charge is -2.08. The molecule has 2 aromatic rings. The SMILES string of the molecule is CS(=O)(=O)c1ccc(CNC(=O)CCCOc2ccccc2F)cc1. The highest BCUT2D eigenvalue weighted by atomic mass is 32.2. The molecule has 0 aromatic heterocycles. The second kappa shape index (κ2) is 8.62. The number of hydrogen-bond donors (Lipinski definition) is 1. The molecule has 0 saturated heterocycles. The highest BCUT2D eigenvalue weighted by molar-refractivity contribution is 7.90. The van der Waals surface area contributed by atoms with Crippen LogP contribution in [0.2, 0.25) is 0 Å². The molecule has 25 heavy (non-hydrogen) atoms. The fourth-order valence-corrected chi connectivity index (χ4v) is 2.75. The summed E-state index contributed by atoms with van der Waals surface area (Å²) in [7, 11) is -3.22. The van der Waals surface area contributed by atoms with Gasteiger partial charge in [-0.25, -0.2) is 12.8 Å². The molecular formula is C18H20FNO4S. The molecule has 0 spiro atoms. The summed E-state index contributed by atoms with van der Waals surface area (Å²) in [6.07, 6.45) is 1.87. The summed E-state index contributed by atoms with van der Waals surface area (Å²) in [4.78, 5) is 12.0. The first kappa shape index (κ1) is 18.9. The Morgan fingerprint density at radius 2 is 1.80 bits per heavy atom. The van der Waals surface area contributed by atoms with Crippen molar-refractivity contribution in [3.63, 3.8) is 0 Å². The Morgan fingerprint density at radius 3 is 2.44 bits per heavy atom. The van der Waals surface area contributed by atoms with Crippen LogP contribution in [-0.4, -0.2) is 27.2 Å². The van der Waals surface area contributed by atoms with Crippen molar-refractivity contribution in [2.45, 2.75) is 24.3 Å². The van der Waals surface area contributed by atoms with Crippen molar-refractivity contribution in [2.24, 2.45) is 0 Å². The maximum Gasteiger partial charge on any atom is 0.220 e. The molecule has 1 amide bonds. The van der Waals surface area contributed by atoms with E-state index in [9.17, 15) is 17.6 Å². The number of sulfone groups is 1. The number of carbonyl (C=O) groups excluding carboxylic acids is 1. The highest BCUT2D eigenvalue weighted by Gasteiger charge is 2.07. The maximum absolute atomic E-state index is 13.3.